The standard InChI is InChI=1S/C23H23NO10/c1-15(25)34-22-18(6-5-7-19(22)23(27)28)17-10-8-16(14-20(17)31-2)9-11-21(26)32-12-3-4-13-33-24(29)30/h5-11,14H,3-4,12-13H2,1-2H3,(H,27,28)/b11-9+. The minimum Gasteiger partial charge on any atom is -0.496 e. The van der Waals surface area contributed by atoms with Crippen LogP contribution in [0.2, 0.25) is 0 Å². The van der Waals surface area contributed by atoms with Gasteiger partial charge in [-0.3, -0.25) is 4.79 Å². The van der Waals surface area contributed by atoms with Gasteiger partial charge in [0.05, 0.1) is 20.3 Å². The van der Waals surface area contributed by atoms with Crippen LogP contribution in [0.1, 0.15) is 35.7 Å². The highest BCUT2D eigenvalue weighted by Gasteiger charge is 2.20. The van der Waals surface area contributed by atoms with Gasteiger partial charge in [0, 0.05) is 24.1 Å². The van der Waals surface area contributed by atoms with E-state index < -0.39 is 23.0 Å². The number of rotatable bonds is 12. The summed E-state index contributed by atoms with van der Waals surface area (Å²) in [6.45, 7) is 1.19. The van der Waals surface area contributed by atoms with Crippen molar-refractivity contribution in [3.8, 4) is 22.6 Å². The van der Waals surface area contributed by atoms with E-state index in [1.54, 1.807) is 24.3 Å². The molecule has 2 rings (SSSR count). The van der Waals surface area contributed by atoms with Gasteiger partial charge in [-0.2, -0.15) is 0 Å². The highest BCUT2D eigenvalue weighted by molar-refractivity contribution is 5.96. The van der Waals surface area contributed by atoms with Gasteiger partial charge in [-0.25, -0.2) is 9.59 Å². The number of para-hydroxylation sites is 1. The number of aromatic carboxylic acids is 1. The van der Waals surface area contributed by atoms with Crippen LogP contribution < -0.4 is 9.47 Å². The SMILES string of the molecule is COc1cc(/C=C/C(=O)OCCCCO[N+](=O)[O-])ccc1-c1cccc(C(=O)O)c1OC(C)=O. The van der Waals surface area contributed by atoms with Gasteiger partial charge in [-0.1, -0.05) is 18.2 Å². The molecule has 0 aliphatic rings. The van der Waals surface area contributed by atoms with Crippen LogP contribution in [0.15, 0.2) is 42.5 Å². The minimum absolute atomic E-state index is 0.0684. The monoisotopic (exact) mass is 473 g/mol. The molecule has 11 nitrogen and oxygen atoms in total. The maximum atomic E-state index is 11.9. The Hall–Kier alpha value is -4.41. The summed E-state index contributed by atoms with van der Waals surface area (Å²) in [5, 5.41) is 18.6. The Morgan fingerprint density at radius 1 is 1.09 bits per heavy atom. The molecule has 0 atom stereocenters. The van der Waals surface area contributed by atoms with E-state index in [0.29, 0.717) is 35.3 Å². The van der Waals surface area contributed by atoms with E-state index in [1.807, 2.05) is 0 Å². The summed E-state index contributed by atoms with van der Waals surface area (Å²) in [7, 11) is 1.43. The fraction of sp³-hybridized carbons (Fsp3) is 0.261. The van der Waals surface area contributed by atoms with Crippen molar-refractivity contribution < 1.29 is 43.6 Å². The highest BCUT2D eigenvalue weighted by Crippen LogP contribution is 2.39. The van der Waals surface area contributed by atoms with E-state index in [0.717, 1.165) is 0 Å². The molecule has 11 heteroatoms. The number of carbonyl (C=O) groups is 3. The van der Waals surface area contributed by atoms with Crippen LogP contribution in [-0.4, -0.2) is 48.4 Å². The summed E-state index contributed by atoms with van der Waals surface area (Å²) < 4.78 is 15.6. The largest absolute Gasteiger partial charge is 0.496 e. The Morgan fingerprint density at radius 3 is 2.47 bits per heavy atom. The zero-order valence-corrected chi connectivity index (χ0v) is 18.5. The predicted molar refractivity (Wildman–Crippen MR) is 119 cm³/mol. The third-order valence-corrected chi connectivity index (χ3v) is 4.40. The molecule has 0 unspecified atom stereocenters. The number of carboxylic acids is 1. The molecule has 0 heterocycles. The number of benzene rings is 2. The number of nitrogens with zero attached hydrogens (tertiary/aromatic N) is 1. The van der Waals surface area contributed by atoms with Crippen molar-refractivity contribution >= 4 is 24.0 Å². The quantitative estimate of drug-likeness (QED) is 0.121. The third kappa shape index (κ3) is 7.62. The zero-order valence-electron chi connectivity index (χ0n) is 18.5. The predicted octanol–water partition coefficient (Wildman–Crippen LogP) is 3.53. The molecule has 0 amide bonds. The molecule has 0 radical (unpaired) electrons. The summed E-state index contributed by atoms with van der Waals surface area (Å²) in [6.07, 6.45) is 3.51. The van der Waals surface area contributed by atoms with Crippen LogP contribution >= 0.6 is 0 Å². The Labute approximate surface area is 194 Å². The number of methoxy groups -OCH3 is 1. The second kappa shape index (κ2) is 12.6. The lowest BCUT2D eigenvalue weighted by Crippen LogP contribution is -2.08. The first-order valence-corrected chi connectivity index (χ1v) is 10.1. The molecule has 1 N–H and O–H groups in total. The zero-order chi connectivity index (χ0) is 25.1. The van der Waals surface area contributed by atoms with Crippen LogP contribution in [0.3, 0.4) is 0 Å². The third-order valence-electron chi connectivity index (χ3n) is 4.40. The molecular weight excluding hydrogens is 450 g/mol. The Bertz CT molecular complexity index is 1090. The topological polar surface area (TPSA) is 152 Å². The first kappa shape index (κ1) is 25.8. The average Bonchev–Trinajstić information content (AvgIpc) is 2.79. The van der Waals surface area contributed by atoms with Crippen molar-refractivity contribution in [2.75, 3.05) is 20.3 Å². The molecule has 0 aromatic heterocycles. The number of hydrogen-bond donors (Lipinski definition) is 1. The molecule has 0 saturated carbocycles. The van der Waals surface area contributed by atoms with Crippen LogP contribution in [-0.2, 0) is 19.2 Å². The van der Waals surface area contributed by atoms with Gasteiger partial charge < -0.3 is 24.2 Å². The second-order valence-corrected chi connectivity index (χ2v) is 6.81. The van der Waals surface area contributed by atoms with Crippen molar-refractivity contribution in [3.63, 3.8) is 0 Å². The summed E-state index contributed by atoms with van der Waals surface area (Å²) in [5.41, 5.74) is 1.26. The summed E-state index contributed by atoms with van der Waals surface area (Å²) in [4.78, 5) is 49.2. The Balaban J connectivity index is 2.15. The van der Waals surface area contributed by atoms with Gasteiger partial charge in [0.2, 0.25) is 0 Å². The number of hydrogen-bond acceptors (Lipinski definition) is 9. The number of esters is 2. The maximum Gasteiger partial charge on any atom is 0.339 e. The van der Waals surface area contributed by atoms with E-state index in [1.165, 1.54) is 38.3 Å². The van der Waals surface area contributed by atoms with Gasteiger partial charge in [-0.15, -0.1) is 10.1 Å². The van der Waals surface area contributed by atoms with Gasteiger partial charge in [0.25, 0.3) is 5.09 Å². The van der Waals surface area contributed by atoms with Crippen molar-refractivity contribution in [3.05, 3.63) is 63.7 Å². The molecule has 2 aromatic carbocycles. The van der Waals surface area contributed by atoms with E-state index in [-0.39, 0.29) is 24.5 Å². The normalized spacial score (nSPS) is 10.5. The minimum atomic E-state index is -1.25. The number of carbonyl (C=O) groups excluding carboxylic acids is 2. The molecule has 0 spiro atoms. The van der Waals surface area contributed by atoms with Crippen LogP contribution in [0, 0.1) is 10.1 Å². The fourth-order valence-corrected chi connectivity index (χ4v) is 2.93. The van der Waals surface area contributed by atoms with Gasteiger partial charge in [0.1, 0.15) is 11.3 Å². The first-order valence-electron chi connectivity index (χ1n) is 10.1. The van der Waals surface area contributed by atoms with Gasteiger partial charge in [-0.05, 0) is 42.7 Å². The lowest BCUT2D eigenvalue weighted by Gasteiger charge is -2.15. The van der Waals surface area contributed by atoms with Crippen molar-refractivity contribution in [1.82, 2.24) is 0 Å². The van der Waals surface area contributed by atoms with Gasteiger partial charge in [0.15, 0.2) is 5.75 Å². The van der Waals surface area contributed by atoms with E-state index >= 15 is 0 Å². The molecule has 0 aliphatic heterocycles. The van der Waals surface area contributed by atoms with Crippen molar-refractivity contribution in [2.24, 2.45) is 0 Å². The van der Waals surface area contributed by atoms with Crippen LogP contribution in [0.25, 0.3) is 17.2 Å². The lowest BCUT2D eigenvalue weighted by molar-refractivity contribution is -0.757. The summed E-state index contributed by atoms with van der Waals surface area (Å²) in [5.74, 6) is -2.25. The molecule has 2 aromatic rings. The Kier molecular flexibility index (Phi) is 9.56. The smallest absolute Gasteiger partial charge is 0.339 e. The van der Waals surface area contributed by atoms with Crippen LogP contribution in [0.4, 0.5) is 0 Å². The maximum absolute atomic E-state index is 11.9. The van der Waals surface area contributed by atoms with Gasteiger partial charge >= 0.3 is 17.9 Å². The number of unbranched alkanes of at least 4 members (excludes halogenated alkanes) is 1. The van der Waals surface area contributed by atoms with E-state index in [9.17, 15) is 29.6 Å². The number of carboxylic acid groups (broad SMARTS) is 1. The second-order valence-electron chi connectivity index (χ2n) is 6.81. The number of ether oxygens (including phenoxy) is 3. The van der Waals surface area contributed by atoms with Crippen molar-refractivity contribution in [2.45, 2.75) is 19.8 Å². The summed E-state index contributed by atoms with van der Waals surface area (Å²) >= 11 is 0. The fourth-order valence-electron chi connectivity index (χ4n) is 2.93. The van der Waals surface area contributed by atoms with E-state index in [4.69, 9.17) is 14.2 Å². The molecule has 0 bridgehead atoms. The summed E-state index contributed by atoms with van der Waals surface area (Å²) in [6, 6.07) is 9.40. The van der Waals surface area contributed by atoms with E-state index in [2.05, 4.69) is 4.84 Å². The molecule has 34 heavy (non-hydrogen) atoms. The van der Waals surface area contributed by atoms with Crippen LogP contribution in [0.5, 0.6) is 11.5 Å². The average molecular weight is 473 g/mol. The van der Waals surface area contributed by atoms with Crippen molar-refractivity contribution in [1.29, 1.82) is 0 Å². The molecule has 180 valence electrons. The molecular formula is C23H23NO10. The lowest BCUT2D eigenvalue weighted by atomic mass is 9.98. The highest BCUT2D eigenvalue weighted by atomic mass is 16.9. The molecule has 0 fully saturated rings. The first-order chi connectivity index (χ1) is 16.2. The Morgan fingerprint density at radius 2 is 1.82 bits per heavy atom. The molecule has 0 saturated heterocycles. The molecule has 0 aliphatic carbocycles.